The van der Waals surface area contributed by atoms with Crippen LogP contribution in [0.15, 0.2) is 18.2 Å². The second-order valence-corrected chi connectivity index (χ2v) is 5.21. The SMILES string of the molecule is O=S(=O)(O)CCCNCc1ccc(O)c(O)c1. The molecule has 0 unspecified atom stereocenters. The Labute approximate surface area is 99.7 Å². The second kappa shape index (κ2) is 5.85. The van der Waals surface area contributed by atoms with Crippen LogP contribution in [0.4, 0.5) is 0 Å². The Morgan fingerprint density at radius 3 is 2.47 bits per heavy atom. The van der Waals surface area contributed by atoms with Gasteiger partial charge in [-0.15, -0.1) is 0 Å². The molecule has 0 aliphatic rings. The van der Waals surface area contributed by atoms with Crippen molar-refractivity contribution in [2.24, 2.45) is 0 Å². The van der Waals surface area contributed by atoms with Gasteiger partial charge in [0.05, 0.1) is 5.75 Å². The zero-order chi connectivity index (χ0) is 12.9. The first-order valence-electron chi connectivity index (χ1n) is 5.05. The first-order chi connectivity index (χ1) is 7.88. The van der Waals surface area contributed by atoms with Crippen molar-refractivity contribution >= 4 is 10.1 Å². The van der Waals surface area contributed by atoms with Gasteiger partial charge in [0.15, 0.2) is 11.5 Å². The van der Waals surface area contributed by atoms with E-state index in [1.54, 1.807) is 6.07 Å². The molecule has 0 amide bonds. The Morgan fingerprint density at radius 2 is 1.88 bits per heavy atom. The lowest BCUT2D eigenvalue weighted by molar-refractivity contribution is 0.403. The van der Waals surface area contributed by atoms with E-state index in [1.807, 2.05) is 0 Å². The number of benzene rings is 1. The van der Waals surface area contributed by atoms with Crippen molar-refractivity contribution in [3.8, 4) is 11.5 Å². The highest BCUT2D eigenvalue weighted by molar-refractivity contribution is 7.85. The summed E-state index contributed by atoms with van der Waals surface area (Å²) in [5.74, 6) is -0.650. The van der Waals surface area contributed by atoms with Gasteiger partial charge in [-0.3, -0.25) is 4.55 Å². The third-order valence-electron chi connectivity index (χ3n) is 2.12. The van der Waals surface area contributed by atoms with Crippen molar-refractivity contribution in [1.82, 2.24) is 5.32 Å². The van der Waals surface area contributed by atoms with Crippen LogP contribution in [0.3, 0.4) is 0 Å². The Morgan fingerprint density at radius 1 is 1.18 bits per heavy atom. The summed E-state index contributed by atoms with van der Waals surface area (Å²) in [6, 6.07) is 4.44. The normalized spacial score (nSPS) is 11.6. The summed E-state index contributed by atoms with van der Waals surface area (Å²) >= 11 is 0. The molecule has 0 saturated heterocycles. The molecule has 0 aromatic heterocycles. The molecule has 0 fully saturated rings. The number of hydrogen-bond donors (Lipinski definition) is 4. The van der Waals surface area contributed by atoms with Crippen LogP contribution in [0.5, 0.6) is 11.5 Å². The standard InChI is InChI=1S/C10H15NO5S/c12-9-3-2-8(6-10(9)13)7-11-4-1-5-17(14,15)16/h2-3,6,11-13H,1,4-5,7H2,(H,14,15,16). The van der Waals surface area contributed by atoms with E-state index in [4.69, 9.17) is 9.66 Å². The molecule has 0 heterocycles. The average molecular weight is 261 g/mol. The Bertz CT molecular complexity index is 472. The summed E-state index contributed by atoms with van der Waals surface area (Å²) in [7, 11) is -3.89. The second-order valence-electron chi connectivity index (χ2n) is 3.64. The molecule has 0 bridgehead atoms. The zero-order valence-electron chi connectivity index (χ0n) is 9.13. The van der Waals surface area contributed by atoms with Gasteiger partial charge in [-0.05, 0) is 30.7 Å². The fraction of sp³-hybridized carbons (Fsp3) is 0.400. The van der Waals surface area contributed by atoms with Crippen LogP contribution in [0.2, 0.25) is 0 Å². The molecule has 1 rings (SSSR count). The molecule has 7 heteroatoms. The minimum absolute atomic E-state index is 0.180. The third kappa shape index (κ3) is 5.53. The third-order valence-corrected chi connectivity index (χ3v) is 2.93. The largest absolute Gasteiger partial charge is 0.504 e. The van der Waals surface area contributed by atoms with E-state index in [-0.39, 0.29) is 17.3 Å². The maximum Gasteiger partial charge on any atom is 0.264 e. The molecule has 6 nitrogen and oxygen atoms in total. The monoisotopic (exact) mass is 261 g/mol. The van der Waals surface area contributed by atoms with Gasteiger partial charge >= 0.3 is 0 Å². The molecule has 0 spiro atoms. The lowest BCUT2D eigenvalue weighted by Gasteiger charge is -2.05. The van der Waals surface area contributed by atoms with Gasteiger partial charge in [0.2, 0.25) is 0 Å². The van der Waals surface area contributed by atoms with E-state index in [9.17, 15) is 13.5 Å². The number of phenolic OH excluding ortho intramolecular Hbond substituents is 2. The van der Waals surface area contributed by atoms with Crippen LogP contribution >= 0.6 is 0 Å². The lowest BCUT2D eigenvalue weighted by Crippen LogP contribution is -2.17. The molecule has 96 valence electrons. The number of nitrogens with one attached hydrogen (secondary N) is 1. The van der Waals surface area contributed by atoms with E-state index in [1.165, 1.54) is 12.1 Å². The zero-order valence-corrected chi connectivity index (χ0v) is 9.94. The highest BCUT2D eigenvalue weighted by atomic mass is 32.2. The minimum atomic E-state index is -3.89. The maximum absolute atomic E-state index is 10.4. The molecule has 17 heavy (non-hydrogen) atoms. The van der Waals surface area contributed by atoms with E-state index in [0.29, 0.717) is 19.5 Å². The van der Waals surface area contributed by atoms with Gasteiger partial charge < -0.3 is 15.5 Å². The average Bonchev–Trinajstić information content (AvgIpc) is 2.21. The van der Waals surface area contributed by atoms with Gasteiger partial charge in [-0.25, -0.2) is 0 Å². The van der Waals surface area contributed by atoms with E-state index in [0.717, 1.165) is 5.56 Å². The number of hydrogen-bond acceptors (Lipinski definition) is 5. The molecule has 0 saturated carbocycles. The molecular formula is C10H15NO5S. The number of aromatic hydroxyl groups is 2. The summed E-state index contributed by atoms with van der Waals surface area (Å²) in [4.78, 5) is 0. The van der Waals surface area contributed by atoms with E-state index < -0.39 is 10.1 Å². The van der Waals surface area contributed by atoms with Crippen LogP contribution in [0.1, 0.15) is 12.0 Å². The van der Waals surface area contributed by atoms with Crippen molar-refractivity contribution in [1.29, 1.82) is 0 Å². The van der Waals surface area contributed by atoms with Gasteiger partial charge in [-0.2, -0.15) is 8.42 Å². The topological polar surface area (TPSA) is 107 Å². The van der Waals surface area contributed by atoms with Gasteiger partial charge in [0, 0.05) is 6.54 Å². The molecular weight excluding hydrogens is 246 g/mol. The fourth-order valence-corrected chi connectivity index (χ4v) is 1.80. The first kappa shape index (κ1) is 13.8. The molecule has 1 aromatic carbocycles. The lowest BCUT2D eigenvalue weighted by atomic mass is 10.2. The number of rotatable bonds is 6. The minimum Gasteiger partial charge on any atom is -0.504 e. The predicted molar refractivity (Wildman–Crippen MR) is 62.5 cm³/mol. The Balaban J connectivity index is 2.29. The van der Waals surface area contributed by atoms with Gasteiger partial charge in [0.1, 0.15) is 0 Å². The van der Waals surface area contributed by atoms with Crippen LogP contribution in [-0.2, 0) is 16.7 Å². The smallest absolute Gasteiger partial charge is 0.264 e. The van der Waals surface area contributed by atoms with Crippen molar-refractivity contribution < 1.29 is 23.2 Å². The fourth-order valence-electron chi connectivity index (χ4n) is 1.29. The highest BCUT2D eigenvalue weighted by Gasteiger charge is 2.03. The van der Waals surface area contributed by atoms with E-state index in [2.05, 4.69) is 5.32 Å². The van der Waals surface area contributed by atoms with Crippen LogP contribution in [-0.4, -0.2) is 35.5 Å². The highest BCUT2D eigenvalue weighted by Crippen LogP contribution is 2.24. The molecule has 0 aliphatic carbocycles. The van der Waals surface area contributed by atoms with Gasteiger partial charge in [0.25, 0.3) is 10.1 Å². The van der Waals surface area contributed by atoms with E-state index >= 15 is 0 Å². The molecule has 1 aromatic rings. The summed E-state index contributed by atoms with van der Waals surface area (Å²) in [6.45, 7) is 0.876. The first-order valence-corrected chi connectivity index (χ1v) is 6.66. The molecule has 0 radical (unpaired) electrons. The molecule has 4 N–H and O–H groups in total. The van der Waals surface area contributed by atoms with Crippen molar-refractivity contribution in [3.05, 3.63) is 23.8 Å². The molecule has 0 aliphatic heterocycles. The quantitative estimate of drug-likeness (QED) is 0.337. The summed E-state index contributed by atoms with van der Waals surface area (Å²) in [5.41, 5.74) is 0.771. The predicted octanol–water partition coefficient (Wildman–Crippen LogP) is 0.465. The van der Waals surface area contributed by atoms with Crippen LogP contribution in [0, 0.1) is 0 Å². The van der Waals surface area contributed by atoms with Crippen molar-refractivity contribution in [2.75, 3.05) is 12.3 Å². The van der Waals surface area contributed by atoms with Crippen molar-refractivity contribution in [2.45, 2.75) is 13.0 Å². The number of phenols is 2. The summed E-state index contributed by atoms with van der Waals surface area (Å²) in [5, 5.41) is 21.2. The maximum atomic E-state index is 10.4. The molecule has 0 atom stereocenters. The van der Waals surface area contributed by atoms with Crippen LogP contribution in [0.25, 0.3) is 0 Å². The summed E-state index contributed by atoms with van der Waals surface area (Å²) in [6.07, 6.45) is 0.308. The van der Waals surface area contributed by atoms with Crippen LogP contribution < -0.4 is 5.32 Å². The summed E-state index contributed by atoms with van der Waals surface area (Å²) < 4.78 is 29.3. The van der Waals surface area contributed by atoms with Crippen molar-refractivity contribution in [3.63, 3.8) is 0 Å². The van der Waals surface area contributed by atoms with Gasteiger partial charge in [-0.1, -0.05) is 6.07 Å². The Kier molecular flexibility index (Phi) is 4.73. The Hall–Kier alpha value is -1.31.